The molecule has 0 bridgehead atoms. The van der Waals surface area contributed by atoms with Crippen molar-refractivity contribution in [1.29, 1.82) is 0 Å². The van der Waals surface area contributed by atoms with Gasteiger partial charge in [0, 0.05) is 24.7 Å². The van der Waals surface area contributed by atoms with Gasteiger partial charge in [0.25, 0.3) is 0 Å². The highest BCUT2D eigenvalue weighted by atomic mass is 19.1. The Morgan fingerprint density at radius 1 is 1.14 bits per heavy atom. The average Bonchev–Trinajstić information content (AvgIpc) is 2.85. The summed E-state index contributed by atoms with van der Waals surface area (Å²) in [4.78, 5) is 4.50. The summed E-state index contributed by atoms with van der Waals surface area (Å²) in [6.45, 7) is 0.894. The molecular formula is C16H16FN3O. The Morgan fingerprint density at radius 3 is 2.57 bits per heavy atom. The number of aromatic nitrogens is 2. The summed E-state index contributed by atoms with van der Waals surface area (Å²) in [5.41, 5.74) is 8.94. The van der Waals surface area contributed by atoms with E-state index in [1.807, 2.05) is 28.8 Å². The van der Waals surface area contributed by atoms with Crippen molar-refractivity contribution in [1.82, 2.24) is 9.55 Å². The normalized spacial score (nSPS) is 11.2. The number of fused-ring (bicyclic) bond motifs is 1. The van der Waals surface area contributed by atoms with Gasteiger partial charge in [0.1, 0.15) is 11.6 Å². The first kappa shape index (κ1) is 13.7. The molecule has 0 atom stereocenters. The Balaban J connectivity index is 2.17. The molecule has 0 amide bonds. The van der Waals surface area contributed by atoms with E-state index in [4.69, 9.17) is 5.73 Å². The molecular weight excluding hydrogens is 269 g/mol. The number of aliphatic hydroxyl groups is 1. The van der Waals surface area contributed by atoms with Crippen LogP contribution in [0.1, 0.15) is 5.56 Å². The van der Waals surface area contributed by atoms with Gasteiger partial charge in [0.05, 0.1) is 17.6 Å². The summed E-state index contributed by atoms with van der Waals surface area (Å²) in [7, 11) is 0. The third-order valence-corrected chi connectivity index (χ3v) is 3.48. The number of nitrogens with two attached hydrogens (primary N) is 1. The molecule has 0 saturated heterocycles. The summed E-state index contributed by atoms with van der Waals surface area (Å²) in [5.74, 6) is 0.398. The predicted molar refractivity (Wildman–Crippen MR) is 80.1 cm³/mol. The second kappa shape index (κ2) is 5.63. The maximum atomic E-state index is 13.4. The highest BCUT2D eigenvalue weighted by molar-refractivity contribution is 5.80. The second-order valence-electron chi connectivity index (χ2n) is 4.84. The Labute approximate surface area is 121 Å². The van der Waals surface area contributed by atoms with Crippen LogP contribution >= 0.6 is 0 Å². The van der Waals surface area contributed by atoms with Gasteiger partial charge in [-0.05, 0) is 17.7 Å². The van der Waals surface area contributed by atoms with Crippen LogP contribution in [0, 0.1) is 5.82 Å². The van der Waals surface area contributed by atoms with Crippen LogP contribution in [0.25, 0.3) is 22.4 Å². The minimum atomic E-state index is -0.318. The van der Waals surface area contributed by atoms with Crippen LogP contribution in [-0.2, 0) is 13.1 Å². The number of rotatable bonds is 4. The van der Waals surface area contributed by atoms with Gasteiger partial charge < -0.3 is 15.4 Å². The van der Waals surface area contributed by atoms with Crippen molar-refractivity contribution >= 4 is 11.0 Å². The monoisotopic (exact) mass is 285 g/mol. The lowest BCUT2D eigenvalue weighted by atomic mass is 10.1. The van der Waals surface area contributed by atoms with Crippen LogP contribution in [0.15, 0.2) is 42.5 Å². The highest BCUT2D eigenvalue weighted by Crippen LogP contribution is 2.25. The Bertz CT molecular complexity index is 765. The van der Waals surface area contributed by atoms with E-state index in [1.165, 1.54) is 12.1 Å². The molecule has 108 valence electrons. The number of benzene rings is 2. The lowest BCUT2D eigenvalue weighted by Gasteiger charge is -2.08. The van der Waals surface area contributed by atoms with E-state index < -0.39 is 0 Å². The molecule has 5 heteroatoms. The molecule has 1 aromatic heterocycles. The van der Waals surface area contributed by atoms with Gasteiger partial charge in [0.15, 0.2) is 0 Å². The van der Waals surface area contributed by atoms with Crippen molar-refractivity contribution in [3.63, 3.8) is 0 Å². The molecule has 0 spiro atoms. The zero-order chi connectivity index (χ0) is 14.8. The summed E-state index contributed by atoms with van der Waals surface area (Å²) in [6, 6.07) is 12.3. The fraction of sp³-hybridized carbons (Fsp3) is 0.188. The van der Waals surface area contributed by atoms with E-state index in [0.29, 0.717) is 24.4 Å². The molecule has 0 aliphatic rings. The van der Waals surface area contributed by atoms with Gasteiger partial charge in [-0.25, -0.2) is 9.37 Å². The van der Waals surface area contributed by atoms with Crippen LogP contribution in [0.2, 0.25) is 0 Å². The van der Waals surface area contributed by atoms with Crippen LogP contribution < -0.4 is 5.73 Å². The third-order valence-electron chi connectivity index (χ3n) is 3.48. The van der Waals surface area contributed by atoms with E-state index >= 15 is 0 Å². The molecule has 0 aliphatic heterocycles. The zero-order valence-electron chi connectivity index (χ0n) is 11.5. The SMILES string of the molecule is NCc1ccc(-c2nc3cc(F)ccc3n2CCO)cc1. The van der Waals surface area contributed by atoms with Crippen molar-refractivity contribution in [2.75, 3.05) is 6.61 Å². The molecule has 1 heterocycles. The molecule has 0 aliphatic carbocycles. The number of hydrogen-bond acceptors (Lipinski definition) is 3. The Kier molecular flexibility index (Phi) is 3.68. The minimum absolute atomic E-state index is 0.00325. The molecule has 21 heavy (non-hydrogen) atoms. The predicted octanol–water partition coefficient (Wildman–Crippen LogP) is 2.29. The first-order valence-corrected chi connectivity index (χ1v) is 6.79. The van der Waals surface area contributed by atoms with E-state index in [2.05, 4.69) is 4.98 Å². The lowest BCUT2D eigenvalue weighted by molar-refractivity contribution is 0.278. The van der Waals surface area contributed by atoms with Crippen LogP contribution in [0.3, 0.4) is 0 Å². The average molecular weight is 285 g/mol. The van der Waals surface area contributed by atoms with Crippen LogP contribution in [0.5, 0.6) is 0 Å². The molecule has 2 aromatic carbocycles. The van der Waals surface area contributed by atoms with E-state index in [-0.39, 0.29) is 12.4 Å². The standard InChI is InChI=1S/C16H16FN3O/c17-13-5-6-15-14(9-13)19-16(20(15)7-8-21)12-3-1-11(10-18)2-4-12/h1-6,9,21H,7-8,10,18H2. The van der Waals surface area contributed by atoms with Gasteiger partial charge in [-0.3, -0.25) is 0 Å². The van der Waals surface area contributed by atoms with Gasteiger partial charge >= 0.3 is 0 Å². The maximum Gasteiger partial charge on any atom is 0.141 e. The summed E-state index contributed by atoms with van der Waals surface area (Å²) in [5, 5.41) is 9.27. The Hall–Kier alpha value is -2.24. The van der Waals surface area contributed by atoms with Crippen LogP contribution in [-0.4, -0.2) is 21.3 Å². The van der Waals surface area contributed by atoms with Crippen molar-refractivity contribution in [3.8, 4) is 11.4 Å². The number of aliphatic hydroxyl groups excluding tert-OH is 1. The fourth-order valence-corrected chi connectivity index (χ4v) is 2.44. The smallest absolute Gasteiger partial charge is 0.141 e. The Morgan fingerprint density at radius 2 is 1.90 bits per heavy atom. The summed E-state index contributed by atoms with van der Waals surface area (Å²) >= 11 is 0. The molecule has 0 unspecified atom stereocenters. The molecule has 0 fully saturated rings. The molecule has 4 nitrogen and oxygen atoms in total. The second-order valence-corrected chi connectivity index (χ2v) is 4.84. The molecule has 3 aromatic rings. The third kappa shape index (κ3) is 2.53. The van der Waals surface area contributed by atoms with Crippen molar-refractivity contribution in [2.45, 2.75) is 13.1 Å². The minimum Gasteiger partial charge on any atom is -0.395 e. The number of imidazole rings is 1. The topological polar surface area (TPSA) is 64.1 Å². The number of nitrogens with zero attached hydrogens (tertiary/aromatic N) is 2. The summed E-state index contributed by atoms with van der Waals surface area (Å²) in [6.07, 6.45) is 0. The van der Waals surface area contributed by atoms with E-state index in [0.717, 1.165) is 16.6 Å². The molecule has 0 radical (unpaired) electrons. The van der Waals surface area contributed by atoms with Crippen LogP contribution in [0.4, 0.5) is 4.39 Å². The molecule has 3 rings (SSSR count). The lowest BCUT2D eigenvalue weighted by Crippen LogP contribution is -2.04. The van der Waals surface area contributed by atoms with E-state index in [1.54, 1.807) is 6.07 Å². The maximum absolute atomic E-state index is 13.4. The van der Waals surface area contributed by atoms with Gasteiger partial charge in [0.2, 0.25) is 0 Å². The number of halogens is 1. The quantitative estimate of drug-likeness (QED) is 0.773. The van der Waals surface area contributed by atoms with E-state index in [9.17, 15) is 9.50 Å². The van der Waals surface area contributed by atoms with Gasteiger partial charge in [-0.1, -0.05) is 24.3 Å². The van der Waals surface area contributed by atoms with Crippen molar-refractivity contribution in [3.05, 3.63) is 53.8 Å². The van der Waals surface area contributed by atoms with Gasteiger partial charge in [-0.15, -0.1) is 0 Å². The van der Waals surface area contributed by atoms with Crippen molar-refractivity contribution < 1.29 is 9.50 Å². The number of hydrogen-bond donors (Lipinski definition) is 2. The fourth-order valence-electron chi connectivity index (χ4n) is 2.44. The first-order valence-electron chi connectivity index (χ1n) is 6.79. The highest BCUT2D eigenvalue weighted by Gasteiger charge is 2.12. The van der Waals surface area contributed by atoms with Crippen molar-refractivity contribution in [2.24, 2.45) is 5.73 Å². The van der Waals surface area contributed by atoms with Gasteiger partial charge in [-0.2, -0.15) is 0 Å². The molecule has 0 saturated carbocycles. The zero-order valence-corrected chi connectivity index (χ0v) is 11.5. The molecule has 3 N–H and O–H groups in total. The largest absolute Gasteiger partial charge is 0.395 e. The first-order chi connectivity index (χ1) is 10.2. The summed E-state index contributed by atoms with van der Waals surface area (Å²) < 4.78 is 15.2.